The van der Waals surface area contributed by atoms with Crippen LogP contribution in [-0.2, 0) is 19.6 Å². The van der Waals surface area contributed by atoms with E-state index in [2.05, 4.69) is 16.6 Å². The third-order valence-electron chi connectivity index (χ3n) is 4.83. The molecule has 2 rings (SSSR count). The Kier molecular flexibility index (Phi) is 9.28. The third kappa shape index (κ3) is 7.23. The molecule has 11 heteroatoms. The highest BCUT2D eigenvalue weighted by Crippen LogP contribution is 2.29. The summed E-state index contributed by atoms with van der Waals surface area (Å²) in [5, 5.41) is 2.72. The second-order valence-corrected chi connectivity index (χ2v) is 8.68. The van der Waals surface area contributed by atoms with Crippen molar-refractivity contribution in [2.45, 2.75) is 11.3 Å². The molecule has 2 amide bonds. The fourth-order valence-corrected chi connectivity index (χ4v) is 4.16. The Balaban J connectivity index is 1.79. The number of carbonyl (C=O) groups is 2. The SMILES string of the molecule is C=CCNC(=O)CN1CCN(C(=O)CCNS(=O)(=O)c2ccc(OC)c(OC)c2)CC1. The lowest BCUT2D eigenvalue weighted by atomic mass is 10.2. The highest BCUT2D eigenvalue weighted by atomic mass is 32.2. The Labute approximate surface area is 183 Å². The van der Waals surface area contributed by atoms with Crippen LogP contribution in [0.15, 0.2) is 35.7 Å². The summed E-state index contributed by atoms with van der Waals surface area (Å²) in [5.74, 6) is 0.515. The zero-order valence-corrected chi connectivity index (χ0v) is 18.7. The van der Waals surface area contributed by atoms with Crippen LogP contribution in [0.1, 0.15) is 6.42 Å². The Morgan fingerprint density at radius 1 is 1.13 bits per heavy atom. The molecule has 0 spiro atoms. The van der Waals surface area contributed by atoms with E-state index in [1.54, 1.807) is 11.0 Å². The predicted molar refractivity (Wildman–Crippen MR) is 116 cm³/mol. The number of hydrogen-bond acceptors (Lipinski definition) is 7. The molecule has 0 atom stereocenters. The number of sulfonamides is 1. The van der Waals surface area contributed by atoms with Crippen molar-refractivity contribution in [2.24, 2.45) is 0 Å². The minimum atomic E-state index is -3.79. The van der Waals surface area contributed by atoms with Gasteiger partial charge in [0, 0.05) is 51.8 Å². The molecule has 0 radical (unpaired) electrons. The van der Waals surface area contributed by atoms with Gasteiger partial charge in [-0.3, -0.25) is 14.5 Å². The number of rotatable bonds is 11. The first-order valence-corrected chi connectivity index (χ1v) is 11.4. The van der Waals surface area contributed by atoms with Crippen LogP contribution in [0.2, 0.25) is 0 Å². The van der Waals surface area contributed by atoms with Crippen LogP contribution in [0.3, 0.4) is 0 Å². The molecule has 0 aromatic heterocycles. The van der Waals surface area contributed by atoms with Crippen molar-refractivity contribution in [1.82, 2.24) is 19.8 Å². The van der Waals surface area contributed by atoms with Crippen LogP contribution >= 0.6 is 0 Å². The maximum absolute atomic E-state index is 12.5. The van der Waals surface area contributed by atoms with E-state index in [1.807, 2.05) is 4.90 Å². The van der Waals surface area contributed by atoms with Gasteiger partial charge in [0.05, 0.1) is 25.7 Å². The summed E-state index contributed by atoms with van der Waals surface area (Å²) in [4.78, 5) is 27.9. The molecule has 1 heterocycles. The van der Waals surface area contributed by atoms with Crippen molar-refractivity contribution in [3.05, 3.63) is 30.9 Å². The van der Waals surface area contributed by atoms with E-state index in [4.69, 9.17) is 9.47 Å². The molecular formula is C20H30N4O6S. The molecule has 1 aromatic rings. The lowest BCUT2D eigenvalue weighted by molar-refractivity contribution is -0.133. The quantitative estimate of drug-likeness (QED) is 0.446. The summed E-state index contributed by atoms with van der Waals surface area (Å²) in [6, 6.07) is 4.29. The van der Waals surface area contributed by atoms with Gasteiger partial charge in [-0.25, -0.2) is 13.1 Å². The van der Waals surface area contributed by atoms with Gasteiger partial charge in [0.25, 0.3) is 0 Å². The number of nitrogens with zero attached hydrogens (tertiary/aromatic N) is 2. The van der Waals surface area contributed by atoms with E-state index in [9.17, 15) is 18.0 Å². The number of amides is 2. The van der Waals surface area contributed by atoms with Gasteiger partial charge in [0.2, 0.25) is 21.8 Å². The summed E-state index contributed by atoms with van der Waals surface area (Å²) in [5.41, 5.74) is 0. The van der Waals surface area contributed by atoms with Crippen molar-refractivity contribution in [1.29, 1.82) is 0 Å². The topological polar surface area (TPSA) is 117 Å². The van der Waals surface area contributed by atoms with Crippen molar-refractivity contribution >= 4 is 21.8 Å². The van der Waals surface area contributed by atoms with E-state index >= 15 is 0 Å². The molecule has 172 valence electrons. The van der Waals surface area contributed by atoms with Crippen molar-refractivity contribution in [3.8, 4) is 11.5 Å². The van der Waals surface area contributed by atoms with Gasteiger partial charge in [0.15, 0.2) is 11.5 Å². The van der Waals surface area contributed by atoms with Crippen LogP contribution in [0.5, 0.6) is 11.5 Å². The highest BCUT2D eigenvalue weighted by Gasteiger charge is 2.23. The molecule has 0 aliphatic carbocycles. The Morgan fingerprint density at radius 2 is 1.81 bits per heavy atom. The average molecular weight is 455 g/mol. The van der Waals surface area contributed by atoms with E-state index in [0.717, 1.165) is 0 Å². The molecule has 1 fully saturated rings. The number of benzene rings is 1. The molecule has 10 nitrogen and oxygen atoms in total. The summed E-state index contributed by atoms with van der Waals surface area (Å²) < 4.78 is 37.7. The molecule has 2 N–H and O–H groups in total. The van der Waals surface area contributed by atoms with E-state index < -0.39 is 10.0 Å². The summed E-state index contributed by atoms with van der Waals surface area (Å²) >= 11 is 0. The zero-order valence-electron chi connectivity index (χ0n) is 17.9. The number of methoxy groups -OCH3 is 2. The first-order valence-electron chi connectivity index (χ1n) is 9.90. The predicted octanol–water partition coefficient (Wildman–Crippen LogP) is -0.181. The van der Waals surface area contributed by atoms with Crippen LogP contribution in [0.25, 0.3) is 0 Å². The van der Waals surface area contributed by atoms with Crippen molar-refractivity contribution in [3.63, 3.8) is 0 Å². The maximum Gasteiger partial charge on any atom is 0.240 e. The molecule has 1 aromatic carbocycles. The van der Waals surface area contributed by atoms with Crippen LogP contribution < -0.4 is 19.5 Å². The number of ether oxygens (including phenoxy) is 2. The fraction of sp³-hybridized carbons (Fsp3) is 0.500. The molecular weight excluding hydrogens is 424 g/mol. The molecule has 0 saturated carbocycles. The normalized spacial score (nSPS) is 14.7. The summed E-state index contributed by atoms with van der Waals surface area (Å²) in [7, 11) is -0.900. The Morgan fingerprint density at radius 3 is 2.42 bits per heavy atom. The number of hydrogen-bond donors (Lipinski definition) is 2. The van der Waals surface area contributed by atoms with Crippen LogP contribution in [0, 0.1) is 0 Å². The van der Waals surface area contributed by atoms with Gasteiger partial charge < -0.3 is 19.7 Å². The minimum Gasteiger partial charge on any atom is -0.493 e. The van der Waals surface area contributed by atoms with Gasteiger partial charge in [-0.05, 0) is 12.1 Å². The van der Waals surface area contributed by atoms with Crippen molar-refractivity contribution in [2.75, 3.05) is 60.0 Å². The molecule has 1 aliphatic rings. The monoisotopic (exact) mass is 454 g/mol. The lowest BCUT2D eigenvalue weighted by Crippen LogP contribution is -2.51. The third-order valence-corrected chi connectivity index (χ3v) is 6.29. The number of carbonyl (C=O) groups excluding carboxylic acids is 2. The highest BCUT2D eigenvalue weighted by molar-refractivity contribution is 7.89. The second-order valence-electron chi connectivity index (χ2n) is 6.91. The zero-order chi connectivity index (χ0) is 22.9. The lowest BCUT2D eigenvalue weighted by Gasteiger charge is -2.34. The Bertz CT molecular complexity index is 882. The number of piperazine rings is 1. The number of nitrogens with one attached hydrogen (secondary N) is 2. The van der Waals surface area contributed by atoms with Gasteiger partial charge in [-0.1, -0.05) is 6.08 Å². The maximum atomic E-state index is 12.5. The second kappa shape index (κ2) is 11.7. The Hall–Kier alpha value is -2.63. The first kappa shape index (κ1) is 24.6. The summed E-state index contributed by atoms with van der Waals surface area (Å²) in [6.07, 6.45) is 1.67. The fourth-order valence-electron chi connectivity index (χ4n) is 3.12. The van der Waals surface area contributed by atoms with E-state index in [-0.39, 0.29) is 36.2 Å². The minimum absolute atomic E-state index is 0.0142. The van der Waals surface area contributed by atoms with Crippen LogP contribution in [-0.4, -0.2) is 90.1 Å². The molecule has 31 heavy (non-hydrogen) atoms. The molecule has 0 bridgehead atoms. The van der Waals surface area contributed by atoms with Gasteiger partial charge in [0.1, 0.15) is 0 Å². The largest absolute Gasteiger partial charge is 0.493 e. The van der Waals surface area contributed by atoms with Crippen molar-refractivity contribution < 1.29 is 27.5 Å². The van der Waals surface area contributed by atoms with E-state index in [0.29, 0.717) is 44.2 Å². The smallest absolute Gasteiger partial charge is 0.240 e. The first-order chi connectivity index (χ1) is 14.8. The van der Waals surface area contributed by atoms with Crippen LogP contribution in [0.4, 0.5) is 0 Å². The standard InChI is InChI=1S/C20H30N4O6S/c1-4-8-21-19(25)15-23-10-12-24(13-11-23)20(26)7-9-22-31(27,28)16-5-6-17(29-2)18(14-16)30-3/h4-6,14,22H,1,7-13,15H2,2-3H3,(H,21,25). The molecule has 1 saturated heterocycles. The van der Waals surface area contributed by atoms with Gasteiger partial charge in [-0.15, -0.1) is 6.58 Å². The average Bonchev–Trinajstić information content (AvgIpc) is 2.77. The van der Waals surface area contributed by atoms with Gasteiger partial charge in [-0.2, -0.15) is 0 Å². The van der Waals surface area contributed by atoms with Gasteiger partial charge >= 0.3 is 0 Å². The van der Waals surface area contributed by atoms with E-state index in [1.165, 1.54) is 32.4 Å². The molecule has 0 unspecified atom stereocenters. The molecule has 1 aliphatic heterocycles. The summed E-state index contributed by atoms with van der Waals surface area (Å²) in [6.45, 7) is 6.41.